The number of aromatic amines is 1. The fourth-order valence-electron chi connectivity index (χ4n) is 5.07. The quantitative estimate of drug-likeness (QED) is 0.649. The van der Waals surface area contributed by atoms with E-state index in [0.717, 1.165) is 56.2 Å². The summed E-state index contributed by atoms with van der Waals surface area (Å²) in [6.07, 6.45) is 8.21. The normalized spacial score (nSPS) is 17.8. The van der Waals surface area contributed by atoms with Gasteiger partial charge in [0.2, 0.25) is 5.91 Å². The lowest BCUT2D eigenvalue weighted by molar-refractivity contribution is -0.136. The number of fused-ring (bicyclic) bond motifs is 1. The maximum atomic E-state index is 13.3. The number of hydrogen-bond acceptors (Lipinski definition) is 4. The van der Waals surface area contributed by atoms with E-state index in [2.05, 4.69) is 50.7 Å². The Morgan fingerprint density at radius 2 is 1.94 bits per heavy atom. The Balaban J connectivity index is 1.37. The SMILES string of the molecule is CC(CN1CCCCC1)C(=O)N1CCc2c(c(-c3ncc[nH]3)nn2Cc2ccccc2)C1. The molecule has 1 aromatic carbocycles. The van der Waals surface area contributed by atoms with Crippen molar-refractivity contribution in [3.8, 4) is 11.5 Å². The second kappa shape index (κ2) is 9.28. The molecule has 0 spiro atoms. The van der Waals surface area contributed by atoms with E-state index in [1.165, 1.54) is 30.5 Å². The summed E-state index contributed by atoms with van der Waals surface area (Å²) in [5, 5.41) is 4.94. The van der Waals surface area contributed by atoms with Crippen LogP contribution < -0.4 is 0 Å². The van der Waals surface area contributed by atoms with Gasteiger partial charge >= 0.3 is 0 Å². The van der Waals surface area contributed by atoms with Crippen molar-refractivity contribution in [1.29, 1.82) is 0 Å². The van der Waals surface area contributed by atoms with Gasteiger partial charge in [-0.3, -0.25) is 9.48 Å². The lowest BCUT2D eigenvalue weighted by Gasteiger charge is -2.33. The average molecular weight is 433 g/mol. The van der Waals surface area contributed by atoms with Crippen molar-refractivity contribution >= 4 is 5.91 Å². The maximum Gasteiger partial charge on any atom is 0.227 e. The summed E-state index contributed by atoms with van der Waals surface area (Å²) in [7, 11) is 0. The molecule has 1 saturated heterocycles. The number of rotatable bonds is 6. The topological polar surface area (TPSA) is 70.1 Å². The van der Waals surface area contributed by atoms with Crippen LogP contribution in [0.2, 0.25) is 0 Å². The number of hydrogen-bond donors (Lipinski definition) is 1. The Morgan fingerprint density at radius 1 is 1.12 bits per heavy atom. The summed E-state index contributed by atoms with van der Waals surface area (Å²) < 4.78 is 2.10. The fraction of sp³-hybridized carbons (Fsp3) is 0.480. The number of H-pyrrole nitrogens is 1. The van der Waals surface area contributed by atoms with Crippen molar-refractivity contribution in [2.24, 2.45) is 5.92 Å². The first kappa shape index (κ1) is 20.9. The van der Waals surface area contributed by atoms with Gasteiger partial charge in [-0.05, 0) is 31.5 Å². The third-order valence-electron chi connectivity index (χ3n) is 6.75. The Morgan fingerprint density at radius 3 is 2.69 bits per heavy atom. The largest absolute Gasteiger partial charge is 0.343 e. The van der Waals surface area contributed by atoms with E-state index in [0.29, 0.717) is 6.54 Å². The summed E-state index contributed by atoms with van der Waals surface area (Å²) >= 11 is 0. The van der Waals surface area contributed by atoms with Crippen LogP contribution in [-0.4, -0.2) is 61.6 Å². The van der Waals surface area contributed by atoms with Gasteiger partial charge < -0.3 is 14.8 Å². The molecule has 3 aromatic rings. The first-order valence-corrected chi connectivity index (χ1v) is 11.8. The Kier molecular flexibility index (Phi) is 6.08. The molecule has 2 aromatic heterocycles. The van der Waals surface area contributed by atoms with Gasteiger partial charge in [0.25, 0.3) is 0 Å². The molecule has 1 atom stereocenters. The Hall–Kier alpha value is -2.93. The third-order valence-corrected chi connectivity index (χ3v) is 6.75. The van der Waals surface area contributed by atoms with E-state index in [-0.39, 0.29) is 11.8 Å². The predicted molar refractivity (Wildman–Crippen MR) is 124 cm³/mol. The fourth-order valence-corrected chi connectivity index (χ4v) is 5.07. The molecule has 0 radical (unpaired) electrons. The number of carbonyl (C=O) groups is 1. The molecular formula is C25H32N6O. The minimum atomic E-state index is 0.0149. The third kappa shape index (κ3) is 4.35. The van der Waals surface area contributed by atoms with Crippen molar-refractivity contribution in [1.82, 2.24) is 29.5 Å². The van der Waals surface area contributed by atoms with Gasteiger partial charge in [-0.25, -0.2) is 4.98 Å². The maximum absolute atomic E-state index is 13.3. The summed E-state index contributed by atoms with van der Waals surface area (Å²) in [5.41, 5.74) is 4.42. The van der Waals surface area contributed by atoms with Crippen molar-refractivity contribution in [3.05, 3.63) is 59.5 Å². The van der Waals surface area contributed by atoms with Gasteiger partial charge in [0.05, 0.1) is 6.54 Å². The molecule has 7 heteroatoms. The minimum absolute atomic E-state index is 0.0149. The number of imidazole rings is 1. The number of nitrogens with zero attached hydrogens (tertiary/aromatic N) is 5. The van der Waals surface area contributed by atoms with Crippen LogP contribution in [0.5, 0.6) is 0 Å². The number of carbonyl (C=O) groups excluding carboxylic acids is 1. The van der Waals surface area contributed by atoms with Gasteiger partial charge in [-0.15, -0.1) is 0 Å². The molecule has 2 aliphatic heterocycles. The number of likely N-dealkylation sites (tertiary alicyclic amines) is 1. The van der Waals surface area contributed by atoms with Crippen LogP contribution >= 0.6 is 0 Å². The predicted octanol–water partition coefficient (Wildman–Crippen LogP) is 3.33. The second-order valence-corrected chi connectivity index (χ2v) is 9.13. The van der Waals surface area contributed by atoms with Crippen LogP contribution in [0.3, 0.4) is 0 Å². The van der Waals surface area contributed by atoms with E-state index >= 15 is 0 Å². The molecule has 1 N–H and O–H groups in total. The van der Waals surface area contributed by atoms with Crippen LogP contribution in [0.15, 0.2) is 42.7 Å². The highest BCUT2D eigenvalue weighted by molar-refractivity contribution is 5.79. The Labute approximate surface area is 189 Å². The van der Waals surface area contributed by atoms with Gasteiger partial charge in [0.1, 0.15) is 5.69 Å². The molecule has 1 amide bonds. The monoisotopic (exact) mass is 432 g/mol. The number of benzene rings is 1. The average Bonchev–Trinajstić information content (AvgIpc) is 3.48. The molecule has 2 aliphatic rings. The molecule has 0 aliphatic carbocycles. The zero-order valence-electron chi connectivity index (χ0n) is 18.8. The number of nitrogens with one attached hydrogen (secondary N) is 1. The van der Waals surface area contributed by atoms with Crippen LogP contribution in [-0.2, 0) is 24.3 Å². The van der Waals surface area contributed by atoms with Crippen LogP contribution in [0, 0.1) is 5.92 Å². The first-order valence-electron chi connectivity index (χ1n) is 11.8. The molecule has 4 heterocycles. The van der Waals surface area contributed by atoms with Crippen molar-refractivity contribution in [2.75, 3.05) is 26.2 Å². The molecular weight excluding hydrogens is 400 g/mol. The number of amides is 1. The zero-order chi connectivity index (χ0) is 21.9. The van der Waals surface area contributed by atoms with Crippen LogP contribution in [0.25, 0.3) is 11.5 Å². The van der Waals surface area contributed by atoms with Gasteiger partial charge in [-0.2, -0.15) is 5.10 Å². The molecule has 32 heavy (non-hydrogen) atoms. The summed E-state index contributed by atoms with van der Waals surface area (Å²) in [6, 6.07) is 10.4. The van der Waals surface area contributed by atoms with Crippen molar-refractivity contribution < 1.29 is 4.79 Å². The molecule has 168 valence electrons. The smallest absolute Gasteiger partial charge is 0.227 e. The Bertz CT molecular complexity index is 1040. The van der Waals surface area contributed by atoms with E-state index < -0.39 is 0 Å². The molecule has 0 saturated carbocycles. The summed E-state index contributed by atoms with van der Waals surface area (Å²) in [6.45, 7) is 7.26. The molecule has 1 fully saturated rings. The van der Waals surface area contributed by atoms with Gasteiger partial charge in [0, 0.05) is 55.6 Å². The van der Waals surface area contributed by atoms with E-state index in [1.54, 1.807) is 6.20 Å². The highest BCUT2D eigenvalue weighted by Crippen LogP contribution is 2.29. The summed E-state index contributed by atoms with van der Waals surface area (Å²) in [5.74, 6) is 1.03. The van der Waals surface area contributed by atoms with E-state index in [4.69, 9.17) is 5.10 Å². The molecule has 5 rings (SSSR count). The highest BCUT2D eigenvalue weighted by Gasteiger charge is 2.31. The van der Waals surface area contributed by atoms with Crippen LogP contribution in [0.1, 0.15) is 43.0 Å². The van der Waals surface area contributed by atoms with E-state index in [9.17, 15) is 4.79 Å². The van der Waals surface area contributed by atoms with Gasteiger partial charge in [-0.1, -0.05) is 43.7 Å². The number of piperidine rings is 1. The summed E-state index contributed by atoms with van der Waals surface area (Å²) in [4.78, 5) is 25.5. The van der Waals surface area contributed by atoms with Crippen LogP contribution in [0.4, 0.5) is 0 Å². The molecule has 0 bridgehead atoms. The standard InChI is InChI=1S/C25H32N6O/c1-19(16-29-13-6-3-7-14-29)25(32)30-15-10-22-21(18-30)23(24-26-11-12-27-24)28-31(22)17-20-8-4-2-5-9-20/h2,4-5,8-9,11-12,19H,3,6-7,10,13-18H2,1H3,(H,26,27). The first-order chi connectivity index (χ1) is 15.7. The van der Waals surface area contributed by atoms with Crippen molar-refractivity contribution in [2.45, 2.75) is 45.7 Å². The highest BCUT2D eigenvalue weighted by atomic mass is 16.2. The number of aromatic nitrogens is 4. The lowest BCUT2D eigenvalue weighted by Crippen LogP contribution is -2.43. The van der Waals surface area contributed by atoms with Gasteiger partial charge in [0.15, 0.2) is 5.82 Å². The molecule has 1 unspecified atom stereocenters. The minimum Gasteiger partial charge on any atom is -0.343 e. The second-order valence-electron chi connectivity index (χ2n) is 9.13. The molecule has 7 nitrogen and oxygen atoms in total. The van der Waals surface area contributed by atoms with Crippen molar-refractivity contribution in [3.63, 3.8) is 0 Å². The zero-order valence-corrected chi connectivity index (χ0v) is 18.8. The lowest BCUT2D eigenvalue weighted by atomic mass is 10.0. The van der Waals surface area contributed by atoms with E-state index in [1.807, 2.05) is 17.2 Å².